The highest BCUT2D eigenvalue weighted by molar-refractivity contribution is 5.99. The van der Waals surface area contributed by atoms with E-state index in [1.54, 1.807) is 0 Å². The number of carbonyl (C=O) groups is 2. The summed E-state index contributed by atoms with van der Waals surface area (Å²) in [4.78, 5) is 23.0. The molecule has 0 fully saturated rings. The maximum Gasteiger partial charge on any atom is 0.573 e. The van der Waals surface area contributed by atoms with Gasteiger partial charge in [0.1, 0.15) is 11.8 Å². The smallest absolute Gasteiger partial charge is 0.405 e. The second kappa shape index (κ2) is 6.65. The summed E-state index contributed by atoms with van der Waals surface area (Å²) in [7, 11) is 0. The summed E-state index contributed by atoms with van der Waals surface area (Å²) in [5.74, 6) is -0.400. The van der Waals surface area contributed by atoms with Crippen molar-refractivity contribution in [2.45, 2.75) is 18.8 Å². The maximum atomic E-state index is 12.2. The van der Waals surface area contributed by atoms with Crippen LogP contribution < -0.4 is 15.8 Å². The number of carbonyl (C=O) groups excluding carboxylic acids is 2. The minimum Gasteiger partial charge on any atom is -0.405 e. The molecule has 0 aliphatic rings. The minimum atomic E-state index is -4.95. The monoisotopic (exact) mass is 300 g/mol. The van der Waals surface area contributed by atoms with Gasteiger partial charge >= 0.3 is 6.36 Å². The van der Waals surface area contributed by atoms with Crippen LogP contribution in [0.15, 0.2) is 24.3 Å². The standard InChI is InChI=1S/C13H11F3N2O3/c1-2-5-9(11(17)19)18-12(20)8-6-3-4-7-10(8)21-13(14,15)16/h1,3-4,6-7,9H,5H2,(H2,17,19)(H,18,20). The topological polar surface area (TPSA) is 81.4 Å². The van der Waals surface area contributed by atoms with Crippen molar-refractivity contribution in [3.05, 3.63) is 29.8 Å². The Hall–Kier alpha value is -2.69. The Morgan fingerprint density at radius 3 is 2.52 bits per heavy atom. The predicted octanol–water partition coefficient (Wildman–Crippen LogP) is 1.19. The van der Waals surface area contributed by atoms with E-state index in [9.17, 15) is 22.8 Å². The fraction of sp³-hybridized carbons (Fsp3) is 0.231. The molecule has 8 heteroatoms. The van der Waals surface area contributed by atoms with Gasteiger partial charge in [-0.3, -0.25) is 9.59 Å². The Morgan fingerprint density at radius 2 is 2.00 bits per heavy atom. The number of benzene rings is 1. The van der Waals surface area contributed by atoms with Crippen molar-refractivity contribution in [2.75, 3.05) is 0 Å². The Balaban J connectivity index is 2.97. The molecular formula is C13H11F3N2O3. The van der Waals surface area contributed by atoms with Crippen LogP contribution in [-0.2, 0) is 4.79 Å². The molecule has 1 unspecified atom stereocenters. The van der Waals surface area contributed by atoms with Gasteiger partial charge in [0.15, 0.2) is 0 Å². The van der Waals surface area contributed by atoms with Gasteiger partial charge in [0, 0.05) is 6.42 Å². The minimum absolute atomic E-state index is 0.177. The zero-order chi connectivity index (χ0) is 16.0. The SMILES string of the molecule is C#CCC(NC(=O)c1ccccc1OC(F)(F)F)C(N)=O. The summed E-state index contributed by atoms with van der Waals surface area (Å²) >= 11 is 0. The summed E-state index contributed by atoms with van der Waals surface area (Å²) < 4.78 is 40.5. The lowest BCUT2D eigenvalue weighted by atomic mass is 10.1. The molecule has 3 N–H and O–H groups in total. The van der Waals surface area contributed by atoms with Crippen LogP contribution in [0, 0.1) is 12.3 Å². The van der Waals surface area contributed by atoms with Gasteiger partial charge < -0.3 is 15.8 Å². The van der Waals surface area contributed by atoms with Crippen LogP contribution in [0.5, 0.6) is 5.75 Å². The highest BCUT2D eigenvalue weighted by Gasteiger charge is 2.33. The second-order valence-electron chi connectivity index (χ2n) is 3.88. The maximum absolute atomic E-state index is 12.2. The molecule has 0 bridgehead atoms. The van der Waals surface area contributed by atoms with Crippen LogP contribution >= 0.6 is 0 Å². The van der Waals surface area contributed by atoms with Gasteiger partial charge in [0.05, 0.1) is 5.56 Å². The van der Waals surface area contributed by atoms with Gasteiger partial charge in [-0.25, -0.2) is 0 Å². The number of nitrogens with one attached hydrogen (secondary N) is 1. The van der Waals surface area contributed by atoms with Crippen molar-refractivity contribution in [3.8, 4) is 18.1 Å². The average molecular weight is 300 g/mol. The third-order valence-electron chi connectivity index (χ3n) is 2.33. The molecule has 5 nitrogen and oxygen atoms in total. The van der Waals surface area contributed by atoms with Crippen molar-refractivity contribution in [2.24, 2.45) is 5.73 Å². The van der Waals surface area contributed by atoms with Crippen LogP contribution in [0.4, 0.5) is 13.2 Å². The van der Waals surface area contributed by atoms with E-state index >= 15 is 0 Å². The molecule has 1 aromatic carbocycles. The number of hydrogen-bond acceptors (Lipinski definition) is 3. The molecular weight excluding hydrogens is 289 g/mol. The summed E-state index contributed by atoms with van der Waals surface area (Å²) in [6, 6.07) is 3.53. The van der Waals surface area contributed by atoms with Crippen LogP contribution in [0.2, 0.25) is 0 Å². The summed E-state index contributed by atoms with van der Waals surface area (Å²) in [6.45, 7) is 0. The lowest BCUT2D eigenvalue weighted by Gasteiger charge is -2.16. The van der Waals surface area contributed by atoms with Crippen molar-refractivity contribution in [1.29, 1.82) is 0 Å². The number of alkyl halides is 3. The molecule has 21 heavy (non-hydrogen) atoms. The molecule has 0 saturated carbocycles. The highest BCUT2D eigenvalue weighted by Crippen LogP contribution is 2.26. The van der Waals surface area contributed by atoms with E-state index in [0.29, 0.717) is 0 Å². The molecule has 2 amide bonds. The molecule has 0 aliphatic carbocycles. The predicted molar refractivity (Wildman–Crippen MR) is 67.0 cm³/mol. The van der Waals surface area contributed by atoms with Gasteiger partial charge in [0.25, 0.3) is 5.91 Å². The first-order valence-electron chi connectivity index (χ1n) is 5.63. The van der Waals surface area contributed by atoms with Crippen molar-refractivity contribution in [1.82, 2.24) is 5.32 Å². The van der Waals surface area contributed by atoms with E-state index in [1.807, 2.05) is 0 Å². The van der Waals surface area contributed by atoms with Gasteiger partial charge in [-0.1, -0.05) is 12.1 Å². The lowest BCUT2D eigenvalue weighted by molar-refractivity contribution is -0.274. The normalized spacial score (nSPS) is 12.1. The van der Waals surface area contributed by atoms with Crippen molar-refractivity contribution >= 4 is 11.8 Å². The summed E-state index contributed by atoms with van der Waals surface area (Å²) in [5.41, 5.74) is 4.64. The van der Waals surface area contributed by atoms with Crippen LogP contribution in [0.3, 0.4) is 0 Å². The second-order valence-corrected chi connectivity index (χ2v) is 3.88. The van der Waals surface area contributed by atoms with E-state index in [4.69, 9.17) is 12.2 Å². The fourth-order valence-corrected chi connectivity index (χ4v) is 1.44. The summed E-state index contributed by atoms with van der Waals surface area (Å²) in [5, 5.41) is 2.16. The largest absolute Gasteiger partial charge is 0.573 e. The number of terminal acetylenes is 1. The van der Waals surface area contributed by atoms with Crippen LogP contribution in [-0.4, -0.2) is 24.2 Å². The molecule has 1 atom stereocenters. The number of amides is 2. The number of para-hydroxylation sites is 1. The number of primary amides is 1. The van der Waals surface area contributed by atoms with E-state index in [-0.39, 0.29) is 6.42 Å². The zero-order valence-electron chi connectivity index (χ0n) is 10.6. The molecule has 1 aromatic rings. The number of ether oxygens (including phenoxy) is 1. The van der Waals surface area contributed by atoms with Crippen molar-refractivity contribution in [3.63, 3.8) is 0 Å². The van der Waals surface area contributed by atoms with Gasteiger partial charge in [-0.15, -0.1) is 25.5 Å². The Morgan fingerprint density at radius 1 is 1.38 bits per heavy atom. The van der Waals surface area contributed by atoms with E-state index in [1.165, 1.54) is 12.1 Å². The van der Waals surface area contributed by atoms with Gasteiger partial charge in [0.2, 0.25) is 5.91 Å². The van der Waals surface area contributed by atoms with Gasteiger partial charge in [-0.05, 0) is 12.1 Å². The average Bonchev–Trinajstić information content (AvgIpc) is 2.36. The molecule has 1 rings (SSSR count). The molecule has 0 saturated heterocycles. The first-order valence-corrected chi connectivity index (χ1v) is 5.63. The molecule has 0 spiro atoms. The number of hydrogen-bond donors (Lipinski definition) is 2. The number of rotatable bonds is 5. The fourth-order valence-electron chi connectivity index (χ4n) is 1.44. The van der Waals surface area contributed by atoms with E-state index in [0.717, 1.165) is 12.1 Å². The third-order valence-corrected chi connectivity index (χ3v) is 2.33. The zero-order valence-corrected chi connectivity index (χ0v) is 10.6. The first-order chi connectivity index (χ1) is 9.74. The highest BCUT2D eigenvalue weighted by atomic mass is 19.4. The lowest BCUT2D eigenvalue weighted by Crippen LogP contribution is -2.44. The summed E-state index contributed by atoms with van der Waals surface area (Å²) in [6.07, 6.45) is -0.111. The molecule has 0 heterocycles. The molecule has 0 radical (unpaired) electrons. The van der Waals surface area contributed by atoms with Crippen LogP contribution in [0.1, 0.15) is 16.8 Å². The quantitative estimate of drug-likeness (QED) is 0.802. The van der Waals surface area contributed by atoms with E-state index < -0.39 is 35.5 Å². The molecule has 0 aromatic heterocycles. The Bertz CT molecular complexity index is 579. The van der Waals surface area contributed by atoms with E-state index in [2.05, 4.69) is 16.0 Å². The molecule has 0 aliphatic heterocycles. The van der Waals surface area contributed by atoms with Gasteiger partial charge in [-0.2, -0.15) is 0 Å². The Kier molecular flexibility index (Phi) is 5.18. The number of nitrogens with two attached hydrogens (primary N) is 1. The molecule has 112 valence electrons. The van der Waals surface area contributed by atoms with Crippen molar-refractivity contribution < 1.29 is 27.5 Å². The first kappa shape index (κ1) is 16.4. The number of halogens is 3. The third kappa shape index (κ3) is 5.06. The van der Waals surface area contributed by atoms with Crippen LogP contribution in [0.25, 0.3) is 0 Å². The Labute approximate surface area is 118 Å².